The lowest BCUT2D eigenvalue weighted by atomic mass is 10.3. The monoisotopic (exact) mass is 310 g/mol. The van der Waals surface area contributed by atoms with Gasteiger partial charge in [0.2, 0.25) is 0 Å². The molecule has 1 heterocycles. The molecule has 0 saturated heterocycles. The van der Waals surface area contributed by atoms with Gasteiger partial charge in [0.05, 0.1) is 17.6 Å². The maximum absolute atomic E-state index is 9.11. The number of aliphatic hydroxyl groups is 1. The van der Waals surface area contributed by atoms with Crippen molar-refractivity contribution in [2.75, 3.05) is 13.2 Å². The topological polar surface area (TPSA) is 47.3 Å². The number of rotatable bonds is 8. The first kappa shape index (κ1) is 15.6. The van der Waals surface area contributed by atoms with Crippen LogP contribution in [0.3, 0.4) is 0 Å². The van der Waals surface area contributed by atoms with Crippen LogP contribution in [0.5, 0.6) is 5.75 Å². The van der Waals surface area contributed by atoms with Crippen molar-refractivity contribution < 1.29 is 9.84 Å². The number of benzene rings is 2. The first-order valence-electron chi connectivity index (χ1n) is 8.11. The normalized spacial score (nSPS) is 11.0. The smallest absolute Gasteiger partial charge is 0.119 e. The number of hydrogen-bond donors (Lipinski definition) is 1. The number of imidazole rings is 1. The Morgan fingerprint density at radius 3 is 2.57 bits per heavy atom. The summed E-state index contributed by atoms with van der Waals surface area (Å²) >= 11 is 0. The summed E-state index contributed by atoms with van der Waals surface area (Å²) in [5, 5.41) is 9.11. The number of para-hydroxylation sites is 3. The van der Waals surface area contributed by atoms with Crippen LogP contribution in [0.1, 0.15) is 18.7 Å². The predicted octanol–water partition coefficient (Wildman–Crippen LogP) is 3.43. The molecule has 0 unspecified atom stereocenters. The molecular weight excluding hydrogens is 288 g/mol. The average Bonchev–Trinajstić information content (AvgIpc) is 2.95. The highest BCUT2D eigenvalue weighted by Crippen LogP contribution is 2.18. The Morgan fingerprint density at radius 2 is 1.74 bits per heavy atom. The van der Waals surface area contributed by atoms with Gasteiger partial charge in [-0.25, -0.2) is 4.98 Å². The highest BCUT2D eigenvalue weighted by molar-refractivity contribution is 5.75. The van der Waals surface area contributed by atoms with E-state index in [9.17, 15) is 0 Å². The third kappa shape index (κ3) is 3.90. The molecule has 0 atom stereocenters. The van der Waals surface area contributed by atoms with Crippen molar-refractivity contribution in [1.82, 2.24) is 9.55 Å². The molecule has 0 aliphatic heterocycles. The number of aliphatic hydroxyl groups excluding tert-OH is 1. The van der Waals surface area contributed by atoms with E-state index in [1.54, 1.807) is 0 Å². The lowest BCUT2D eigenvalue weighted by Gasteiger charge is -2.09. The number of fused-ring (bicyclic) bond motifs is 1. The molecule has 0 saturated carbocycles. The van der Waals surface area contributed by atoms with E-state index in [4.69, 9.17) is 14.8 Å². The Hall–Kier alpha value is -2.33. The average molecular weight is 310 g/mol. The van der Waals surface area contributed by atoms with Gasteiger partial charge in [-0.2, -0.15) is 0 Å². The molecule has 4 heteroatoms. The van der Waals surface area contributed by atoms with Gasteiger partial charge in [-0.05, 0) is 37.1 Å². The van der Waals surface area contributed by atoms with Crippen LogP contribution < -0.4 is 4.74 Å². The molecule has 1 N–H and O–H groups in total. The van der Waals surface area contributed by atoms with Crippen molar-refractivity contribution in [2.24, 2.45) is 0 Å². The summed E-state index contributed by atoms with van der Waals surface area (Å²) in [5.74, 6) is 1.97. The number of hydrogen-bond acceptors (Lipinski definition) is 3. The van der Waals surface area contributed by atoms with Gasteiger partial charge in [0, 0.05) is 19.6 Å². The molecule has 0 bridgehead atoms. The Bertz CT molecular complexity index is 737. The molecule has 1 aromatic heterocycles. The quantitative estimate of drug-likeness (QED) is 0.648. The Balaban J connectivity index is 1.64. The van der Waals surface area contributed by atoms with E-state index >= 15 is 0 Å². The molecule has 2 aromatic carbocycles. The second-order valence-electron chi connectivity index (χ2n) is 5.51. The number of aromatic nitrogens is 2. The van der Waals surface area contributed by atoms with E-state index < -0.39 is 0 Å². The zero-order valence-electron chi connectivity index (χ0n) is 13.2. The minimum absolute atomic E-state index is 0.197. The second-order valence-corrected chi connectivity index (χ2v) is 5.51. The van der Waals surface area contributed by atoms with E-state index in [2.05, 4.69) is 10.6 Å². The van der Waals surface area contributed by atoms with Crippen molar-refractivity contribution >= 4 is 11.0 Å². The summed E-state index contributed by atoms with van der Waals surface area (Å²) in [4.78, 5) is 4.74. The van der Waals surface area contributed by atoms with Crippen LogP contribution in [0.4, 0.5) is 0 Å². The summed E-state index contributed by atoms with van der Waals surface area (Å²) in [6, 6.07) is 18.0. The molecule has 4 nitrogen and oxygen atoms in total. The zero-order valence-corrected chi connectivity index (χ0v) is 13.2. The van der Waals surface area contributed by atoms with Crippen LogP contribution in [0.2, 0.25) is 0 Å². The fourth-order valence-electron chi connectivity index (χ4n) is 2.73. The van der Waals surface area contributed by atoms with E-state index in [0.29, 0.717) is 6.61 Å². The molecule has 0 spiro atoms. The second kappa shape index (κ2) is 7.79. The van der Waals surface area contributed by atoms with E-state index in [0.717, 1.165) is 48.4 Å². The van der Waals surface area contributed by atoms with Crippen LogP contribution in [0.15, 0.2) is 54.6 Å². The van der Waals surface area contributed by atoms with Gasteiger partial charge in [0.15, 0.2) is 0 Å². The molecule has 120 valence electrons. The van der Waals surface area contributed by atoms with Gasteiger partial charge >= 0.3 is 0 Å². The molecule has 3 aromatic rings. The SMILES string of the molecule is OCCCn1c(CCCOc2ccccc2)nc2ccccc21. The first-order chi connectivity index (χ1) is 11.4. The van der Waals surface area contributed by atoms with Crippen molar-refractivity contribution in [3.63, 3.8) is 0 Å². The Kier molecular flexibility index (Phi) is 5.27. The molecule has 0 fully saturated rings. The fraction of sp³-hybridized carbons (Fsp3) is 0.316. The summed E-state index contributed by atoms with van der Waals surface area (Å²) in [6.07, 6.45) is 2.53. The highest BCUT2D eigenvalue weighted by Gasteiger charge is 2.09. The number of ether oxygens (including phenoxy) is 1. The number of aryl methyl sites for hydroxylation is 2. The number of nitrogens with zero attached hydrogens (tertiary/aromatic N) is 2. The van der Waals surface area contributed by atoms with Crippen LogP contribution in [-0.2, 0) is 13.0 Å². The van der Waals surface area contributed by atoms with Gasteiger partial charge in [-0.15, -0.1) is 0 Å². The van der Waals surface area contributed by atoms with Crippen LogP contribution >= 0.6 is 0 Å². The molecule has 0 aliphatic rings. The molecule has 0 aliphatic carbocycles. The van der Waals surface area contributed by atoms with Crippen molar-refractivity contribution in [1.29, 1.82) is 0 Å². The van der Waals surface area contributed by atoms with Gasteiger partial charge in [0.25, 0.3) is 0 Å². The fourth-order valence-corrected chi connectivity index (χ4v) is 2.73. The summed E-state index contributed by atoms with van der Waals surface area (Å²) in [7, 11) is 0. The lowest BCUT2D eigenvalue weighted by molar-refractivity contribution is 0.279. The molecule has 0 radical (unpaired) electrons. The Morgan fingerprint density at radius 1 is 0.957 bits per heavy atom. The van der Waals surface area contributed by atoms with E-state index in [-0.39, 0.29) is 6.61 Å². The Labute approximate surface area is 136 Å². The minimum atomic E-state index is 0.197. The predicted molar refractivity (Wildman–Crippen MR) is 91.7 cm³/mol. The maximum Gasteiger partial charge on any atom is 0.119 e. The van der Waals surface area contributed by atoms with E-state index in [1.807, 2.05) is 48.5 Å². The van der Waals surface area contributed by atoms with Crippen molar-refractivity contribution in [3.8, 4) is 5.75 Å². The maximum atomic E-state index is 9.11. The van der Waals surface area contributed by atoms with Gasteiger partial charge in [0.1, 0.15) is 11.6 Å². The minimum Gasteiger partial charge on any atom is -0.494 e. The van der Waals surface area contributed by atoms with Gasteiger partial charge in [-0.1, -0.05) is 30.3 Å². The zero-order chi connectivity index (χ0) is 15.9. The first-order valence-corrected chi connectivity index (χ1v) is 8.11. The molecular formula is C19H22N2O2. The standard InChI is InChI=1S/C19H22N2O2/c22-14-7-13-21-18-11-5-4-10-17(18)20-19(21)12-6-15-23-16-8-2-1-3-9-16/h1-5,8-11,22H,6-7,12-15H2. The van der Waals surface area contributed by atoms with Crippen LogP contribution in [0, 0.1) is 0 Å². The van der Waals surface area contributed by atoms with Gasteiger partial charge in [-0.3, -0.25) is 0 Å². The summed E-state index contributed by atoms with van der Waals surface area (Å²) < 4.78 is 7.96. The summed E-state index contributed by atoms with van der Waals surface area (Å²) in [5.41, 5.74) is 2.16. The van der Waals surface area contributed by atoms with E-state index in [1.165, 1.54) is 0 Å². The largest absolute Gasteiger partial charge is 0.494 e. The highest BCUT2D eigenvalue weighted by atomic mass is 16.5. The van der Waals surface area contributed by atoms with Crippen LogP contribution in [0.25, 0.3) is 11.0 Å². The van der Waals surface area contributed by atoms with Gasteiger partial charge < -0.3 is 14.4 Å². The van der Waals surface area contributed by atoms with Crippen molar-refractivity contribution in [2.45, 2.75) is 25.8 Å². The molecule has 23 heavy (non-hydrogen) atoms. The van der Waals surface area contributed by atoms with Crippen LogP contribution in [-0.4, -0.2) is 27.9 Å². The third-order valence-electron chi connectivity index (χ3n) is 3.83. The summed E-state index contributed by atoms with van der Waals surface area (Å²) in [6.45, 7) is 1.67. The molecule has 3 rings (SSSR count). The lowest BCUT2D eigenvalue weighted by Crippen LogP contribution is -2.07. The van der Waals surface area contributed by atoms with Crippen molar-refractivity contribution in [3.05, 3.63) is 60.4 Å². The molecule has 0 amide bonds. The third-order valence-corrected chi connectivity index (χ3v) is 3.83.